The summed E-state index contributed by atoms with van der Waals surface area (Å²) in [4.78, 5) is 25.2. The smallest absolute Gasteiger partial charge is 0.416 e. The van der Waals surface area contributed by atoms with Gasteiger partial charge >= 0.3 is 6.18 Å². The SMILES string of the molecule is COc1cccc(NC(=O)C[NH+](C)[C@H](C)C(=O)Nc2cccc(C(F)(F)F)c2)c1. The summed E-state index contributed by atoms with van der Waals surface area (Å²) in [5.41, 5.74) is -0.241. The molecule has 0 spiro atoms. The minimum Gasteiger partial charge on any atom is -0.497 e. The molecular formula is C20H23F3N3O3+. The highest BCUT2D eigenvalue weighted by Gasteiger charge is 2.31. The van der Waals surface area contributed by atoms with Gasteiger partial charge in [-0.05, 0) is 37.3 Å². The van der Waals surface area contributed by atoms with Crippen LogP contribution >= 0.6 is 0 Å². The van der Waals surface area contributed by atoms with Crippen LogP contribution in [0.2, 0.25) is 0 Å². The molecule has 156 valence electrons. The number of rotatable bonds is 7. The first kappa shape index (κ1) is 22.2. The van der Waals surface area contributed by atoms with Crippen LogP contribution in [0.5, 0.6) is 5.75 Å². The lowest BCUT2D eigenvalue weighted by Crippen LogP contribution is -3.14. The van der Waals surface area contributed by atoms with E-state index < -0.39 is 23.7 Å². The molecule has 29 heavy (non-hydrogen) atoms. The minimum absolute atomic E-state index is 0.00557. The van der Waals surface area contributed by atoms with Gasteiger partial charge in [-0.15, -0.1) is 0 Å². The molecule has 0 aromatic heterocycles. The van der Waals surface area contributed by atoms with E-state index in [0.717, 1.165) is 12.1 Å². The van der Waals surface area contributed by atoms with Crippen LogP contribution in [-0.2, 0) is 15.8 Å². The zero-order valence-corrected chi connectivity index (χ0v) is 16.3. The summed E-state index contributed by atoms with van der Waals surface area (Å²) in [6, 6.07) is 10.6. The molecule has 2 rings (SSSR count). The molecule has 0 heterocycles. The molecule has 0 saturated carbocycles. The third-order valence-electron chi connectivity index (χ3n) is 4.38. The second-order valence-electron chi connectivity index (χ2n) is 6.59. The molecule has 0 aliphatic carbocycles. The van der Waals surface area contributed by atoms with Crippen LogP contribution in [0.1, 0.15) is 12.5 Å². The zero-order valence-electron chi connectivity index (χ0n) is 16.3. The van der Waals surface area contributed by atoms with E-state index in [-0.39, 0.29) is 18.1 Å². The first-order valence-electron chi connectivity index (χ1n) is 8.84. The number of carbonyl (C=O) groups excluding carboxylic acids is 2. The molecule has 2 aromatic rings. The molecule has 2 atom stereocenters. The number of alkyl halides is 3. The Kier molecular flexibility index (Phi) is 7.22. The molecule has 0 saturated heterocycles. The van der Waals surface area contributed by atoms with Crippen molar-refractivity contribution in [2.75, 3.05) is 31.3 Å². The highest BCUT2D eigenvalue weighted by atomic mass is 19.4. The topological polar surface area (TPSA) is 71.9 Å². The average Bonchev–Trinajstić information content (AvgIpc) is 2.66. The lowest BCUT2D eigenvalue weighted by Gasteiger charge is -2.21. The number of hydrogen-bond acceptors (Lipinski definition) is 3. The lowest BCUT2D eigenvalue weighted by molar-refractivity contribution is -0.885. The van der Waals surface area contributed by atoms with E-state index in [1.54, 1.807) is 38.2 Å². The van der Waals surface area contributed by atoms with Crippen molar-refractivity contribution in [1.29, 1.82) is 0 Å². The monoisotopic (exact) mass is 410 g/mol. The molecule has 2 amide bonds. The summed E-state index contributed by atoms with van der Waals surface area (Å²) in [5.74, 6) is -0.206. The maximum Gasteiger partial charge on any atom is 0.416 e. The fraction of sp³-hybridized carbons (Fsp3) is 0.300. The Hall–Kier alpha value is -3.07. The van der Waals surface area contributed by atoms with Crippen molar-refractivity contribution in [3.05, 3.63) is 54.1 Å². The van der Waals surface area contributed by atoms with Crippen molar-refractivity contribution in [3.63, 3.8) is 0 Å². The molecule has 3 N–H and O–H groups in total. The van der Waals surface area contributed by atoms with Gasteiger partial charge in [-0.3, -0.25) is 9.59 Å². The van der Waals surface area contributed by atoms with E-state index in [1.807, 2.05) is 0 Å². The molecule has 0 aliphatic rings. The van der Waals surface area contributed by atoms with Crippen LogP contribution in [0.3, 0.4) is 0 Å². The Morgan fingerprint density at radius 3 is 2.31 bits per heavy atom. The molecule has 0 aliphatic heterocycles. The Balaban J connectivity index is 1.94. The number of quaternary nitrogens is 1. The number of nitrogens with one attached hydrogen (secondary N) is 3. The van der Waals surface area contributed by atoms with Crippen LogP contribution < -0.4 is 20.3 Å². The third kappa shape index (κ3) is 6.49. The van der Waals surface area contributed by atoms with Crippen molar-refractivity contribution in [1.82, 2.24) is 0 Å². The van der Waals surface area contributed by atoms with Crippen molar-refractivity contribution in [3.8, 4) is 5.75 Å². The summed E-state index contributed by atoms with van der Waals surface area (Å²) in [6.45, 7) is 1.59. The average molecular weight is 410 g/mol. The Labute approximate surface area is 166 Å². The zero-order chi connectivity index (χ0) is 21.6. The van der Waals surface area contributed by atoms with Crippen molar-refractivity contribution in [2.24, 2.45) is 0 Å². The van der Waals surface area contributed by atoms with Crippen molar-refractivity contribution < 1.29 is 32.4 Å². The van der Waals surface area contributed by atoms with E-state index >= 15 is 0 Å². The Morgan fingerprint density at radius 2 is 1.69 bits per heavy atom. The molecule has 9 heteroatoms. The number of ether oxygens (including phenoxy) is 1. The van der Waals surface area contributed by atoms with Crippen molar-refractivity contribution >= 4 is 23.2 Å². The summed E-state index contributed by atoms with van der Waals surface area (Å²) in [6.07, 6.45) is -4.49. The number of amides is 2. The van der Waals surface area contributed by atoms with Gasteiger partial charge in [0.15, 0.2) is 12.6 Å². The highest BCUT2D eigenvalue weighted by Crippen LogP contribution is 2.30. The lowest BCUT2D eigenvalue weighted by atomic mass is 10.2. The van der Waals surface area contributed by atoms with Gasteiger partial charge in [0.25, 0.3) is 11.8 Å². The molecule has 0 radical (unpaired) electrons. The number of methoxy groups -OCH3 is 1. The number of benzene rings is 2. The first-order valence-corrected chi connectivity index (χ1v) is 8.84. The number of carbonyl (C=O) groups is 2. The predicted molar refractivity (Wildman–Crippen MR) is 103 cm³/mol. The van der Waals surface area contributed by atoms with E-state index in [0.29, 0.717) is 16.3 Å². The van der Waals surface area contributed by atoms with Gasteiger partial charge in [-0.2, -0.15) is 13.2 Å². The maximum atomic E-state index is 12.8. The van der Waals surface area contributed by atoms with Crippen LogP contribution in [0.25, 0.3) is 0 Å². The summed E-state index contributed by atoms with van der Waals surface area (Å²) >= 11 is 0. The normalized spacial score (nSPS) is 13.3. The largest absolute Gasteiger partial charge is 0.497 e. The molecule has 0 fully saturated rings. The number of anilines is 2. The Morgan fingerprint density at radius 1 is 1.07 bits per heavy atom. The summed E-state index contributed by atoms with van der Waals surface area (Å²) < 4.78 is 43.5. The fourth-order valence-corrected chi connectivity index (χ4v) is 2.56. The van der Waals surface area contributed by atoms with E-state index in [4.69, 9.17) is 4.74 Å². The van der Waals surface area contributed by atoms with Crippen molar-refractivity contribution in [2.45, 2.75) is 19.1 Å². The van der Waals surface area contributed by atoms with Gasteiger partial charge in [0, 0.05) is 17.4 Å². The predicted octanol–water partition coefficient (Wildman–Crippen LogP) is 2.19. The molecule has 2 aromatic carbocycles. The standard InChI is InChI=1S/C20H22F3N3O3/c1-13(19(28)25-15-7-4-6-14(10-15)20(21,22)23)26(2)12-18(27)24-16-8-5-9-17(11-16)29-3/h4-11,13H,12H2,1-3H3,(H,24,27)(H,25,28)/p+1/t13-/m1/s1. The third-order valence-corrected chi connectivity index (χ3v) is 4.38. The van der Waals surface area contributed by atoms with Gasteiger partial charge < -0.3 is 20.3 Å². The van der Waals surface area contributed by atoms with Crippen LogP contribution in [0.4, 0.5) is 24.5 Å². The fourth-order valence-electron chi connectivity index (χ4n) is 2.56. The van der Waals surface area contributed by atoms with Crippen LogP contribution in [0, 0.1) is 0 Å². The highest BCUT2D eigenvalue weighted by molar-refractivity contribution is 5.94. The van der Waals surface area contributed by atoms with Crippen LogP contribution in [-0.4, -0.2) is 38.6 Å². The van der Waals surface area contributed by atoms with Gasteiger partial charge in [0.1, 0.15) is 5.75 Å². The van der Waals surface area contributed by atoms with E-state index in [2.05, 4.69) is 10.6 Å². The summed E-state index contributed by atoms with van der Waals surface area (Å²) in [7, 11) is 3.17. The van der Waals surface area contributed by atoms with Gasteiger partial charge in [-0.1, -0.05) is 12.1 Å². The number of hydrogen-bond donors (Lipinski definition) is 3. The first-order chi connectivity index (χ1) is 13.6. The second kappa shape index (κ2) is 9.42. The van der Waals surface area contributed by atoms with E-state index in [9.17, 15) is 22.8 Å². The van der Waals surface area contributed by atoms with Gasteiger partial charge in [-0.25, -0.2) is 0 Å². The summed E-state index contributed by atoms with van der Waals surface area (Å²) in [5, 5.41) is 5.18. The maximum absolute atomic E-state index is 12.8. The van der Waals surface area contributed by atoms with E-state index in [1.165, 1.54) is 19.2 Å². The van der Waals surface area contributed by atoms with Crippen LogP contribution in [0.15, 0.2) is 48.5 Å². The minimum atomic E-state index is -4.49. The van der Waals surface area contributed by atoms with Gasteiger partial charge in [0.05, 0.1) is 19.7 Å². The number of likely N-dealkylation sites (N-methyl/N-ethyl adjacent to an activating group) is 1. The molecule has 0 bridgehead atoms. The molecule has 6 nitrogen and oxygen atoms in total. The quantitative estimate of drug-likeness (QED) is 0.655. The van der Waals surface area contributed by atoms with Gasteiger partial charge in [0.2, 0.25) is 0 Å². The number of halogens is 3. The molecular weight excluding hydrogens is 387 g/mol. The second-order valence-corrected chi connectivity index (χ2v) is 6.59. The Bertz CT molecular complexity index is 871. The molecule has 1 unspecified atom stereocenters.